The number of aryl methyl sites for hydroxylation is 1. The predicted octanol–water partition coefficient (Wildman–Crippen LogP) is 3.49. The number of carbonyl (C=O) groups excluding carboxylic acids is 1. The van der Waals surface area contributed by atoms with Gasteiger partial charge < -0.3 is 9.64 Å². The van der Waals surface area contributed by atoms with Crippen LogP contribution in [0, 0.1) is 6.92 Å². The van der Waals surface area contributed by atoms with Crippen LogP contribution in [0.1, 0.15) is 43.5 Å². The molecule has 1 atom stereocenters. The number of rotatable bonds is 4. The summed E-state index contributed by atoms with van der Waals surface area (Å²) in [6.07, 6.45) is 7.90. The zero-order chi connectivity index (χ0) is 17.3. The van der Waals surface area contributed by atoms with Crippen molar-refractivity contribution in [3.63, 3.8) is 0 Å². The quantitative estimate of drug-likeness (QED) is 0.826. The van der Waals surface area contributed by atoms with Crippen molar-refractivity contribution < 1.29 is 9.53 Å². The van der Waals surface area contributed by atoms with Crippen molar-refractivity contribution in [2.24, 2.45) is 0 Å². The second-order valence-corrected chi connectivity index (χ2v) is 9.03. The summed E-state index contributed by atoms with van der Waals surface area (Å²) in [6.45, 7) is 4.36. The Morgan fingerprint density at radius 1 is 1.40 bits per heavy atom. The van der Waals surface area contributed by atoms with E-state index in [9.17, 15) is 4.79 Å². The third-order valence-corrected chi connectivity index (χ3v) is 6.97. The fraction of sp³-hybridized carbons (Fsp3) is 0.600. The first-order valence-electron chi connectivity index (χ1n) is 9.30. The van der Waals surface area contributed by atoms with Gasteiger partial charge in [0, 0.05) is 30.1 Å². The van der Waals surface area contributed by atoms with Crippen molar-refractivity contribution in [2.75, 3.05) is 18.8 Å². The summed E-state index contributed by atoms with van der Waals surface area (Å²) in [5, 5.41) is 0. The van der Waals surface area contributed by atoms with Crippen molar-refractivity contribution in [3.8, 4) is 0 Å². The minimum Gasteiger partial charge on any atom is -0.371 e. The SMILES string of the molecule is Cc1cccc(CO[C@H]2CSC3(C2)CN(C(=O)C2=CCCCC2)C3)n1. The first-order valence-corrected chi connectivity index (χ1v) is 10.3. The molecule has 0 bridgehead atoms. The zero-order valence-electron chi connectivity index (χ0n) is 14.9. The van der Waals surface area contributed by atoms with Crippen LogP contribution in [-0.2, 0) is 16.1 Å². The average Bonchev–Trinajstić information content (AvgIpc) is 3.04. The van der Waals surface area contributed by atoms with Gasteiger partial charge in [-0.05, 0) is 51.2 Å². The van der Waals surface area contributed by atoms with E-state index >= 15 is 0 Å². The fourth-order valence-electron chi connectivity index (χ4n) is 4.04. The molecule has 0 aromatic carbocycles. The highest BCUT2D eigenvalue weighted by Crippen LogP contribution is 2.46. The highest BCUT2D eigenvalue weighted by Gasteiger charge is 2.51. The summed E-state index contributed by atoms with van der Waals surface area (Å²) >= 11 is 1.99. The van der Waals surface area contributed by atoms with E-state index in [1.54, 1.807) is 0 Å². The Balaban J connectivity index is 1.26. The van der Waals surface area contributed by atoms with Crippen LogP contribution in [0.3, 0.4) is 0 Å². The van der Waals surface area contributed by atoms with Crippen LogP contribution >= 0.6 is 11.8 Å². The number of ether oxygens (including phenoxy) is 1. The molecule has 0 N–H and O–H groups in total. The number of hydrogen-bond donors (Lipinski definition) is 0. The normalized spacial score (nSPS) is 24.9. The molecule has 1 aromatic heterocycles. The molecule has 0 unspecified atom stereocenters. The number of likely N-dealkylation sites (tertiary alicyclic amines) is 1. The topological polar surface area (TPSA) is 42.4 Å². The molecule has 1 amide bonds. The largest absolute Gasteiger partial charge is 0.371 e. The number of carbonyl (C=O) groups is 1. The lowest BCUT2D eigenvalue weighted by Gasteiger charge is -2.48. The van der Waals surface area contributed by atoms with Crippen LogP contribution in [0.25, 0.3) is 0 Å². The highest BCUT2D eigenvalue weighted by molar-refractivity contribution is 8.01. The minimum absolute atomic E-state index is 0.232. The zero-order valence-corrected chi connectivity index (χ0v) is 15.7. The fourth-order valence-corrected chi connectivity index (χ4v) is 5.59. The molecular formula is C20H26N2O2S. The summed E-state index contributed by atoms with van der Waals surface area (Å²) in [5.74, 6) is 1.30. The Labute approximate surface area is 154 Å². The first-order chi connectivity index (χ1) is 12.1. The standard InChI is InChI=1S/C20H26N2O2S/c1-15-6-5-9-17(21-15)11-24-18-10-20(25-12-18)13-22(14-20)19(23)16-7-3-2-4-8-16/h5-7,9,18H,2-4,8,10-14H2,1H3/t18-/m1/s1. The highest BCUT2D eigenvalue weighted by atomic mass is 32.2. The van der Waals surface area contributed by atoms with E-state index in [1.165, 1.54) is 6.42 Å². The Kier molecular flexibility index (Phi) is 4.87. The van der Waals surface area contributed by atoms with Crippen molar-refractivity contribution in [3.05, 3.63) is 41.2 Å². The van der Waals surface area contributed by atoms with E-state index in [2.05, 4.69) is 11.1 Å². The molecule has 2 fully saturated rings. The van der Waals surface area contributed by atoms with Crippen LogP contribution in [0.15, 0.2) is 29.8 Å². The molecule has 134 valence electrons. The third kappa shape index (κ3) is 3.77. The van der Waals surface area contributed by atoms with Crippen molar-refractivity contribution in [1.82, 2.24) is 9.88 Å². The number of aromatic nitrogens is 1. The molecule has 2 saturated heterocycles. The minimum atomic E-state index is 0.232. The number of amides is 1. The van der Waals surface area contributed by atoms with Crippen LogP contribution in [-0.4, -0.2) is 45.5 Å². The van der Waals surface area contributed by atoms with Gasteiger partial charge in [0.05, 0.1) is 23.2 Å². The van der Waals surface area contributed by atoms with Gasteiger partial charge in [-0.25, -0.2) is 0 Å². The smallest absolute Gasteiger partial charge is 0.249 e. The molecule has 5 heteroatoms. The molecule has 2 aliphatic heterocycles. The lowest BCUT2D eigenvalue weighted by atomic mass is 9.90. The molecule has 0 saturated carbocycles. The number of thioether (sulfide) groups is 1. The molecule has 3 aliphatic rings. The summed E-state index contributed by atoms with van der Waals surface area (Å²) in [6, 6.07) is 6.05. The Morgan fingerprint density at radius 2 is 2.28 bits per heavy atom. The Bertz CT molecular complexity index is 682. The molecule has 1 spiro atoms. The van der Waals surface area contributed by atoms with Gasteiger partial charge in [-0.3, -0.25) is 9.78 Å². The van der Waals surface area contributed by atoms with Gasteiger partial charge in [0.1, 0.15) is 0 Å². The average molecular weight is 359 g/mol. The summed E-state index contributed by atoms with van der Waals surface area (Å²) in [4.78, 5) is 19.1. The van der Waals surface area contributed by atoms with Gasteiger partial charge in [-0.1, -0.05) is 12.1 Å². The molecule has 25 heavy (non-hydrogen) atoms. The number of pyridine rings is 1. The van der Waals surface area contributed by atoms with Crippen molar-refractivity contribution in [2.45, 2.75) is 56.5 Å². The predicted molar refractivity (Wildman–Crippen MR) is 100 cm³/mol. The molecular weight excluding hydrogens is 332 g/mol. The summed E-state index contributed by atoms with van der Waals surface area (Å²) in [7, 11) is 0. The van der Waals surface area contributed by atoms with Crippen LogP contribution in [0.5, 0.6) is 0 Å². The molecule has 4 nitrogen and oxygen atoms in total. The van der Waals surface area contributed by atoms with E-state index in [1.807, 2.05) is 41.8 Å². The monoisotopic (exact) mass is 358 g/mol. The number of hydrogen-bond acceptors (Lipinski definition) is 4. The molecule has 1 aromatic rings. The van der Waals surface area contributed by atoms with Gasteiger partial charge in [0.15, 0.2) is 0 Å². The molecule has 3 heterocycles. The van der Waals surface area contributed by atoms with Crippen LogP contribution in [0.4, 0.5) is 0 Å². The van der Waals surface area contributed by atoms with E-state index in [0.717, 1.165) is 61.5 Å². The first kappa shape index (κ1) is 17.1. The Hall–Kier alpha value is -1.33. The van der Waals surface area contributed by atoms with Gasteiger partial charge in [0.25, 0.3) is 0 Å². The third-order valence-electron chi connectivity index (χ3n) is 5.40. The van der Waals surface area contributed by atoms with E-state index in [-0.39, 0.29) is 16.8 Å². The number of allylic oxidation sites excluding steroid dienone is 1. The van der Waals surface area contributed by atoms with Crippen LogP contribution in [0.2, 0.25) is 0 Å². The van der Waals surface area contributed by atoms with Crippen molar-refractivity contribution in [1.29, 1.82) is 0 Å². The lowest BCUT2D eigenvalue weighted by molar-refractivity contribution is -0.132. The summed E-state index contributed by atoms with van der Waals surface area (Å²) < 4.78 is 6.32. The van der Waals surface area contributed by atoms with Gasteiger partial charge in [0.2, 0.25) is 5.91 Å². The molecule has 1 aliphatic carbocycles. The van der Waals surface area contributed by atoms with Gasteiger partial charge in [-0.15, -0.1) is 11.8 Å². The van der Waals surface area contributed by atoms with Gasteiger partial charge in [-0.2, -0.15) is 0 Å². The summed E-state index contributed by atoms with van der Waals surface area (Å²) in [5.41, 5.74) is 3.08. The van der Waals surface area contributed by atoms with Crippen molar-refractivity contribution >= 4 is 17.7 Å². The Morgan fingerprint density at radius 3 is 3.04 bits per heavy atom. The van der Waals surface area contributed by atoms with E-state index in [4.69, 9.17) is 4.74 Å². The maximum absolute atomic E-state index is 12.6. The van der Waals surface area contributed by atoms with E-state index in [0.29, 0.717) is 6.61 Å². The molecule has 0 radical (unpaired) electrons. The lowest BCUT2D eigenvalue weighted by Crippen LogP contribution is -2.61. The maximum Gasteiger partial charge on any atom is 0.249 e. The van der Waals surface area contributed by atoms with E-state index < -0.39 is 0 Å². The van der Waals surface area contributed by atoms with Crippen LogP contribution < -0.4 is 0 Å². The molecule has 4 rings (SSSR count). The second-order valence-electron chi connectivity index (χ2n) is 7.54. The maximum atomic E-state index is 12.6. The number of nitrogens with zero attached hydrogens (tertiary/aromatic N) is 2. The second kappa shape index (κ2) is 7.12. The van der Waals surface area contributed by atoms with Gasteiger partial charge >= 0.3 is 0 Å².